The van der Waals surface area contributed by atoms with E-state index in [0.717, 1.165) is 36.0 Å². The van der Waals surface area contributed by atoms with Crippen molar-refractivity contribution in [2.75, 3.05) is 24.2 Å². The van der Waals surface area contributed by atoms with E-state index in [1.807, 2.05) is 18.2 Å². The lowest BCUT2D eigenvalue weighted by Crippen LogP contribution is -2.15. The van der Waals surface area contributed by atoms with Gasteiger partial charge >= 0.3 is 0 Å². The Hall–Kier alpha value is -1.38. The minimum atomic E-state index is 0.710. The van der Waals surface area contributed by atoms with Crippen LogP contribution in [-0.2, 0) is 0 Å². The normalized spacial score (nSPS) is 12.2. The topological polar surface area (TPSA) is 47.3 Å². The van der Waals surface area contributed by atoms with Crippen molar-refractivity contribution >= 4 is 11.4 Å². The fourth-order valence-electron chi connectivity index (χ4n) is 2.23. The van der Waals surface area contributed by atoms with Crippen LogP contribution in [0.3, 0.4) is 0 Å². The second-order valence-corrected chi connectivity index (χ2v) is 5.36. The van der Waals surface area contributed by atoms with E-state index in [0.29, 0.717) is 6.61 Å². The van der Waals surface area contributed by atoms with E-state index < -0.39 is 0 Å². The second-order valence-electron chi connectivity index (χ2n) is 5.36. The van der Waals surface area contributed by atoms with Gasteiger partial charge in [0.05, 0.1) is 18.0 Å². The van der Waals surface area contributed by atoms with Gasteiger partial charge < -0.3 is 15.8 Å². The van der Waals surface area contributed by atoms with Crippen LogP contribution >= 0.6 is 0 Å². The molecule has 0 aromatic heterocycles. The van der Waals surface area contributed by atoms with Gasteiger partial charge in [0.25, 0.3) is 0 Å². The Bertz CT molecular complexity index is 379. The molecule has 1 atom stereocenters. The maximum Gasteiger partial charge on any atom is 0.144 e. The standard InChI is InChI=1S/C17H30N2O/c1-4-7-9-14(6-3)13-19-15-10-8-11-16(17(15)18)20-12-5-2/h8,10-11,14,19H,4-7,9,12-13,18H2,1-3H3. The second kappa shape index (κ2) is 9.51. The van der Waals surface area contributed by atoms with Crippen LogP contribution in [0.1, 0.15) is 52.9 Å². The summed E-state index contributed by atoms with van der Waals surface area (Å²) in [6.07, 6.45) is 6.05. The van der Waals surface area contributed by atoms with Crippen LogP contribution in [-0.4, -0.2) is 13.2 Å². The molecule has 0 aliphatic heterocycles. The summed E-state index contributed by atoms with van der Waals surface area (Å²) < 4.78 is 5.66. The summed E-state index contributed by atoms with van der Waals surface area (Å²) in [5.41, 5.74) is 7.89. The molecule has 0 saturated carbocycles. The van der Waals surface area contributed by atoms with Crippen LogP contribution in [0.4, 0.5) is 11.4 Å². The quantitative estimate of drug-likeness (QED) is 0.611. The number of rotatable bonds is 10. The maximum atomic E-state index is 6.16. The largest absolute Gasteiger partial charge is 0.491 e. The monoisotopic (exact) mass is 278 g/mol. The molecule has 0 amide bonds. The smallest absolute Gasteiger partial charge is 0.144 e. The summed E-state index contributed by atoms with van der Waals surface area (Å²) in [6, 6.07) is 5.96. The third kappa shape index (κ3) is 5.32. The molecule has 0 saturated heterocycles. The lowest BCUT2D eigenvalue weighted by molar-refractivity contribution is 0.319. The zero-order valence-corrected chi connectivity index (χ0v) is 13.2. The molecule has 1 aromatic rings. The number of para-hydroxylation sites is 1. The molecule has 1 aromatic carbocycles. The lowest BCUT2D eigenvalue weighted by atomic mass is 9.99. The van der Waals surface area contributed by atoms with Crippen LogP contribution in [0, 0.1) is 5.92 Å². The molecule has 0 bridgehead atoms. The minimum absolute atomic E-state index is 0.710. The number of anilines is 2. The predicted octanol–water partition coefficient (Wildman–Crippen LogP) is 4.69. The molecule has 3 nitrogen and oxygen atoms in total. The van der Waals surface area contributed by atoms with Crippen molar-refractivity contribution in [3.8, 4) is 5.75 Å². The molecule has 0 fully saturated rings. The van der Waals surface area contributed by atoms with Gasteiger partial charge in [0, 0.05) is 6.54 Å². The van der Waals surface area contributed by atoms with Gasteiger partial charge in [0.1, 0.15) is 5.75 Å². The van der Waals surface area contributed by atoms with Crippen molar-refractivity contribution < 1.29 is 4.74 Å². The Morgan fingerprint density at radius 1 is 1.20 bits per heavy atom. The van der Waals surface area contributed by atoms with E-state index >= 15 is 0 Å². The molecular formula is C17H30N2O. The predicted molar refractivity (Wildman–Crippen MR) is 88.4 cm³/mol. The maximum absolute atomic E-state index is 6.16. The van der Waals surface area contributed by atoms with Gasteiger partial charge in [0.15, 0.2) is 0 Å². The van der Waals surface area contributed by atoms with Gasteiger partial charge in [-0.2, -0.15) is 0 Å². The van der Waals surface area contributed by atoms with Gasteiger partial charge in [-0.25, -0.2) is 0 Å². The van der Waals surface area contributed by atoms with E-state index in [-0.39, 0.29) is 0 Å². The van der Waals surface area contributed by atoms with Gasteiger partial charge in [-0.05, 0) is 30.9 Å². The Labute approximate surface area is 123 Å². The summed E-state index contributed by atoms with van der Waals surface area (Å²) in [5, 5.41) is 3.48. The molecule has 0 radical (unpaired) electrons. The number of hydrogen-bond acceptors (Lipinski definition) is 3. The van der Waals surface area contributed by atoms with E-state index in [2.05, 4.69) is 26.1 Å². The zero-order valence-electron chi connectivity index (χ0n) is 13.2. The van der Waals surface area contributed by atoms with Crippen LogP contribution in [0.2, 0.25) is 0 Å². The Morgan fingerprint density at radius 2 is 2.00 bits per heavy atom. The van der Waals surface area contributed by atoms with Gasteiger partial charge in [0.2, 0.25) is 0 Å². The first-order valence-corrected chi connectivity index (χ1v) is 7.98. The molecular weight excluding hydrogens is 248 g/mol. The molecule has 114 valence electrons. The van der Waals surface area contributed by atoms with E-state index in [9.17, 15) is 0 Å². The first-order valence-electron chi connectivity index (χ1n) is 7.98. The Morgan fingerprint density at radius 3 is 2.65 bits per heavy atom. The molecule has 3 heteroatoms. The van der Waals surface area contributed by atoms with Crippen molar-refractivity contribution in [1.29, 1.82) is 0 Å². The molecule has 1 unspecified atom stereocenters. The van der Waals surface area contributed by atoms with Gasteiger partial charge in [-0.15, -0.1) is 0 Å². The number of nitrogens with two attached hydrogens (primary N) is 1. The molecule has 0 aliphatic rings. The minimum Gasteiger partial charge on any atom is -0.491 e. The van der Waals surface area contributed by atoms with Gasteiger partial charge in [-0.1, -0.05) is 46.1 Å². The van der Waals surface area contributed by atoms with Gasteiger partial charge in [-0.3, -0.25) is 0 Å². The highest BCUT2D eigenvalue weighted by Gasteiger charge is 2.09. The lowest BCUT2D eigenvalue weighted by Gasteiger charge is -2.18. The van der Waals surface area contributed by atoms with Crippen LogP contribution in [0.5, 0.6) is 5.75 Å². The third-order valence-electron chi connectivity index (χ3n) is 3.65. The molecule has 1 rings (SSSR count). The number of benzene rings is 1. The van der Waals surface area contributed by atoms with Crippen LogP contribution in [0.25, 0.3) is 0 Å². The summed E-state index contributed by atoms with van der Waals surface area (Å²) in [6.45, 7) is 8.29. The molecule has 0 aliphatic carbocycles. The van der Waals surface area contributed by atoms with Crippen molar-refractivity contribution in [1.82, 2.24) is 0 Å². The summed E-state index contributed by atoms with van der Waals surface area (Å²) >= 11 is 0. The third-order valence-corrected chi connectivity index (χ3v) is 3.65. The number of hydrogen-bond donors (Lipinski definition) is 2. The van der Waals surface area contributed by atoms with E-state index in [1.54, 1.807) is 0 Å². The Kier molecular flexibility index (Phi) is 7.93. The van der Waals surface area contributed by atoms with Crippen LogP contribution < -0.4 is 15.8 Å². The number of unbranched alkanes of at least 4 members (excludes halogenated alkanes) is 1. The van der Waals surface area contributed by atoms with Crippen molar-refractivity contribution in [3.63, 3.8) is 0 Å². The van der Waals surface area contributed by atoms with Crippen molar-refractivity contribution in [2.24, 2.45) is 5.92 Å². The SMILES string of the molecule is CCCCC(CC)CNc1cccc(OCCC)c1N. The van der Waals surface area contributed by atoms with Crippen LogP contribution in [0.15, 0.2) is 18.2 Å². The average molecular weight is 278 g/mol. The summed E-state index contributed by atoms with van der Waals surface area (Å²) in [5.74, 6) is 1.51. The fourth-order valence-corrected chi connectivity index (χ4v) is 2.23. The number of nitrogen functional groups attached to an aromatic ring is 1. The molecule has 0 heterocycles. The van der Waals surface area contributed by atoms with Crippen molar-refractivity contribution in [3.05, 3.63) is 18.2 Å². The highest BCUT2D eigenvalue weighted by Crippen LogP contribution is 2.30. The summed E-state index contributed by atoms with van der Waals surface area (Å²) in [4.78, 5) is 0. The number of ether oxygens (including phenoxy) is 1. The van der Waals surface area contributed by atoms with E-state index in [1.165, 1.54) is 25.7 Å². The fraction of sp³-hybridized carbons (Fsp3) is 0.647. The first kappa shape index (κ1) is 16.7. The van der Waals surface area contributed by atoms with E-state index in [4.69, 9.17) is 10.5 Å². The molecule has 0 spiro atoms. The summed E-state index contributed by atoms with van der Waals surface area (Å²) in [7, 11) is 0. The van der Waals surface area contributed by atoms with Crippen molar-refractivity contribution in [2.45, 2.75) is 52.9 Å². The molecule has 20 heavy (non-hydrogen) atoms. The number of nitrogens with one attached hydrogen (secondary N) is 1. The first-order chi connectivity index (χ1) is 9.72. The average Bonchev–Trinajstić information content (AvgIpc) is 2.47. The molecule has 3 N–H and O–H groups in total. The zero-order chi connectivity index (χ0) is 14.8. The highest BCUT2D eigenvalue weighted by atomic mass is 16.5. The Balaban J connectivity index is 2.58. The highest BCUT2D eigenvalue weighted by molar-refractivity contribution is 5.72.